The number of hydrogen-bond acceptors (Lipinski definition) is 2. The molecule has 0 bridgehead atoms. The number of benzene rings is 2. The molecule has 0 aliphatic carbocycles. The lowest BCUT2D eigenvalue weighted by atomic mass is 10.1. The third-order valence-corrected chi connectivity index (χ3v) is 3.12. The molecule has 22 heavy (non-hydrogen) atoms. The number of carboxylic acid groups (broad SMARTS) is 1. The number of rotatable bonds is 6. The fraction of sp³-hybridized carbons (Fsp3) is 0.111. The summed E-state index contributed by atoms with van der Waals surface area (Å²) in [5.41, 5.74) is 1.75. The van der Waals surface area contributed by atoms with E-state index in [-0.39, 0.29) is 6.42 Å². The van der Waals surface area contributed by atoms with E-state index < -0.39 is 17.9 Å². The maximum atomic E-state index is 11.9. The van der Waals surface area contributed by atoms with Crippen LogP contribution in [0.25, 0.3) is 6.08 Å². The van der Waals surface area contributed by atoms with E-state index in [1.165, 1.54) is 6.08 Å². The summed E-state index contributed by atoms with van der Waals surface area (Å²) in [6.45, 7) is 0. The zero-order valence-electron chi connectivity index (χ0n) is 12.0. The standard InChI is InChI=1S/C18H17NO3/c20-17(12-11-14-7-3-1-4-8-14)19-16(18(21)22)13-15-9-5-2-6-10-15/h1-12,16H,13H2,(H,19,20)(H,21,22)/b12-11-/t16-/m1/s1. The van der Waals surface area contributed by atoms with Crippen LogP contribution in [0.2, 0.25) is 0 Å². The zero-order chi connectivity index (χ0) is 15.8. The van der Waals surface area contributed by atoms with Gasteiger partial charge in [-0.25, -0.2) is 4.79 Å². The van der Waals surface area contributed by atoms with Crippen LogP contribution in [0, 0.1) is 0 Å². The predicted molar refractivity (Wildman–Crippen MR) is 85.2 cm³/mol. The van der Waals surface area contributed by atoms with Crippen molar-refractivity contribution in [2.45, 2.75) is 12.5 Å². The van der Waals surface area contributed by atoms with Crippen molar-refractivity contribution in [3.63, 3.8) is 0 Å². The van der Waals surface area contributed by atoms with Crippen LogP contribution in [-0.4, -0.2) is 23.0 Å². The highest BCUT2D eigenvalue weighted by Gasteiger charge is 2.19. The number of aliphatic carboxylic acids is 1. The minimum Gasteiger partial charge on any atom is -0.480 e. The van der Waals surface area contributed by atoms with Crippen molar-refractivity contribution < 1.29 is 14.7 Å². The maximum Gasteiger partial charge on any atom is 0.326 e. The topological polar surface area (TPSA) is 66.4 Å². The Kier molecular flexibility index (Phi) is 5.49. The van der Waals surface area contributed by atoms with Gasteiger partial charge in [-0.05, 0) is 17.2 Å². The summed E-state index contributed by atoms with van der Waals surface area (Å²) in [7, 11) is 0. The Morgan fingerprint density at radius 1 is 1.00 bits per heavy atom. The summed E-state index contributed by atoms with van der Waals surface area (Å²) < 4.78 is 0. The molecule has 0 unspecified atom stereocenters. The Morgan fingerprint density at radius 3 is 2.18 bits per heavy atom. The molecular formula is C18H17NO3. The fourth-order valence-corrected chi connectivity index (χ4v) is 2.01. The molecular weight excluding hydrogens is 278 g/mol. The number of carboxylic acids is 1. The first-order valence-corrected chi connectivity index (χ1v) is 6.95. The van der Waals surface area contributed by atoms with Gasteiger partial charge in [-0.3, -0.25) is 4.79 Å². The normalized spacial score (nSPS) is 12.0. The molecule has 4 nitrogen and oxygen atoms in total. The third kappa shape index (κ3) is 4.90. The molecule has 0 saturated carbocycles. The van der Waals surface area contributed by atoms with E-state index in [2.05, 4.69) is 5.32 Å². The van der Waals surface area contributed by atoms with Crippen LogP contribution in [0.15, 0.2) is 66.7 Å². The number of hydrogen-bond donors (Lipinski definition) is 2. The SMILES string of the molecule is O=C(/C=C\c1ccccc1)N[C@H](Cc1ccccc1)C(=O)O. The van der Waals surface area contributed by atoms with Gasteiger partial charge in [0.05, 0.1) is 0 Å². The lowest BCUT2D eigenvalue weighted by Gasteiger charge is -2.13. The van der Waals surface area contributed by atoms with Gasteiger partial charge >= 0.3 is 5.97 Å². The van der Waals surface area contributed by atoms with Crippen molar-refractivity contribution in [1.29, 1.82) is 0 Å². The van der Waals surface area contributed by atoms with Gasteiger partial charge < -0.3 is 10.4 Å². The van der Waals surface area contributed by atoms with Gasteiger partial charge in [0, 0.05) is 12.5 Å². The molecule has 112 valence electrons. The van der Waals surface area contributed by atoms with Gasteiger partial charge in [0.1, 0.15) is 6.04 Å². The molecule has 4 heteroatoms. The molecule has 0 aliphatic rings. The van der Waals surface area contributed by atoms with Crippen LogP contribution >= 0.6 is 0 Å². The minimum absolute atomic E-state index is 0.251. The van der Waals surface area contributed by atoms with Gasteiger partial charge in [-0.1, -0.05) is 60.7 Å². The van der Waals surface area contributed by atoms with E-state index in [1.807, 2.05) is 60.7 Å². The molecule has 0 radical (unpaired) electrons. The predicted octanol–water partition coefficient (Wildman–Crippen LogP) is 2.51. The Labute approximate surface area is 129 Å². The molecule has 2 rings (SSSR count). The molecule has 0 heterocycles. The molecule has 0 fully saturated rings. The summed E-state index contributed by atoms with van der Waals surface area (Å²) in [6, 6.07) is 17.6. The van der Waals surface area contributed by atoms with Gasteiger partial charge in [0.25, 0.3) is 0 Å². The largest absolute Gasteiger partial charge is 0.480 e. The monoisotopic (exact) mass is 295 g/mol. The van der Waals surface area contributed by atoms with Gasteiger partial charge in [0.2, 0.25) is 5.91 Å². The van der Waals surface area contributed by atoms with Gasteiger partial charge in [-0.2, -0.15) is 0 Å². The van der Waals surface area contributed by atoms with E-state index in [0.29, 0.717) is 0 Å². The second kappa shape index (κ2) is 7.78. The molecule has 2 N–H and O–H groups in total. The Balaban J connectivity index is 1.97. The summed E-state index contributed by atoms with van der Waals surface area (Å²) >= 11 is 0. The third-order valence-electron chi connectivity index (χ3n) is 3.12. The smallest absolute Gasteiger partial charge is 0.326 e. The molecule has 2 aromatic carbocycles. The van der Waals surface area contributed by atoms with E-state index in [4.69, 9.17) is 0 Å². The van der Waals surface area contributed by atoms with Crippen molar-refractivity contribution in [3.8, 4) is 0 Å². The highest BCUT2D eigenvalue weighted by molar-refractivity contribution is 5.94. The van der Waals surface area contributed by atoms with Gasteiger partial charge in [-0.15, -0.1) is 0 Å². The number of carbonyl (C=O) groups excluding carboxylic acids is 1. The molecule has 1 atom stereocenters. The van der Waals surface area contributed by atoms with Crippen LogP contribution in [0.1, 0.15) is 11.1 Å². The van der Waals surface area contributed by atoms with Crippen molar-refractivity contribution in [1.82, 2.24) is 5.32 Å². The Hall–Kier alpha value is -2.88. The first kappa shape index (κ1) is 15.5. The summed E-state index contributed by atoms with van der Waals surface area (Å²) in [4.78, 5) is 23.1. The van der Waals surface area contributed by atoms with Gasteiger partial charge in [0.15, 0.2) is 0 Å². The van der Waals surface area contributed by atoms with Crippen molar-refractivity contribution in [3.05, 3.63) is 77.9 Å². The van der Waals surface area contributed by atoms with Crippen LogP contribution in [0.3, 0.4) is 0 Å². The van der Waals surface area contributed by atoms with Crippen LogP contribution in [-0.2, 0) is 16.0 Å². The first-order chi connectivity index (χ1) is 10.6. The van der Waals surface area contributed by atoms with Crippen LogP contribution in [0.5, 0.6) is 0 Å². The first-order valence-electron chi connectivity index (χ1n) is 6.95. The average Bonchev–Trinajstić information content (AvgIpc) is 2.54. The number of amides is 1. The Bertz CT molecular complexity index is 651. The second-order valence-corrected chi connectivity index (χ2v) is 4.83. The summed E-state index contributed by atoms with van der Waals surface area (Å²) in [5, 5.41) is 11.7. The molecule has 0 aromatic heterocycles. The van der Waals surface area contributed by atoms with Crippen LogP contribution in [0.4, 0.5) is 0 Å². The molecule has 0 saturated heterocycles. The molecule has 1 amide bonds. The van der Waals surface area contributed by atoms with Crippen molar-refractivity contribution in [2.24, 2.45) is 0 Å². The molecule has 0 aliphatic heterocycles. The Morgan fingerprint density at radius 2 is 1.59 bits per heavy atom. The van der Waals surface area contributed by atoms with Crippen molar-refractivity contribution in [2.75, 3.05) is 0 Å². The highest BCUT2D eigenvalue weighted by atomic mass is 16.4. The van der Waals surface area contributed by atoms with E-state index in [9.17, 15) is 14.7 Å². The molecule has 2 aromatic rings. The number of carbonyl (C=O) groups is 2. The summed E-state index contributed by atoms with van der Waals surface area (Å²) in [5.74, 6) is -1.47. The lowest BCUT2D eigenvalue weighted by molar-refractivity contribution is -0.141. The van der Waals surface area contributed by atoms with Crippen LogP contribution < -0.4 is 5.32 Å². The van der Waals surface area contributed by atoms with Crippen molar-refractivity contribution >= 4 is 18.0 Å². The van der Waals surface area contributed by atoms with E-state index in [0.717, 1.165) is 11.1 Å². The van der Waals surface area contributed by atoms with E-state index >= 15 is 0 Å². The quantitative estimate of drug-likeness (QED) is 0.805. The fourth-order valence-electron chi connectivity index (χ4n) is 2.01. The molecule has 0 spiro atoms. The lowest BCUT2D eigenvalue weighted by Crippen LogP contribution is -2.41. The second-order valence-electron chi connectivity index (χ2n) is 4.83. The minimum atomic E-state index is -1.05. The average molecular weight is 295 g/mol. The maximum absolute atomic E-state index is 11.9. The highest BCUT2D eigenvalue weighted by Crippen LogP contribution is 2.04. The zero-order valence-corrected chi connectivity index (χ0v) is 12.0. The summed E-state index contributed by atoms with van der Waals surface area (Å²) in [6.07, 6.45) is 3.24. The van der Waals surface area contributed by atoms with E-state index in [1.54, 1.807) is 6.08 Å². The number of nitrogens with one attached hydrogen (secondary N) is 1.